The fourth-order valence-corrected chi connectivity index (χ4v) is 0.974. The minimum Gasteiger partial charge on any atom is -0.412 e. The van der Waals surface area contributed by atoms with E-state index in [0.29, 0.717) is 0 Å². The van der Waals surface area contributed by atoms with Crippen molar-refractivity contribution >= 4 is 0 Å². The lowest BCUT2D eigenvalue weighted by atomic mass is 10.1. The molecule has 0 aliphatic carbocycles. The first kappa shape index (κ1) is 8.88. The Hall–Kier alpha value is -0.120. The van der Waals surface area contributed by atoms with Crippen molar-refractivity contribution < 1.29 is 15.3 Å². The molecule has 1 rings (SSSR count). The second kappa shape index (κ2) is 3.82. The molecule has 0 saturated carbocycles. The maximum Gasteiger partial charge on any atom is 0.0586 e. The largest absolute Gasteiger partial charge is 0.412 e. The van der Waals surface area contributed by atoms with Gasteiger partial charge in [-0.05, 0) is 19.8 Å². The summed E-state index contributed by atoms with van der Waals surface area (Å²) < 4.78 is 5.19. The highest BCUT2D eigenvalue weighted by molar-refractivity contribution is 4.65. The molecule has 0 bridgehead atoms. The van der Waals surface area contributed by atoms with E-state index in [-0.39, 0.29) is 17.7 Å². The van der Waals surface area contributed by atoms with E-state index in [2.05, 4.69) is 0 Å². The van der Waals surface area contributed by atoms with E-state index in [4.69, 9.17) is 9.84 Å². The monoisotopic (exact) mass is 134 g/mol. The third kappa shape index (κ3) is 2.79. The molecule has 3 nitrogen and oxygen atoms in total. The van der Waals surface area contributed by atoms with Gasteiger partial charge in [0.15, 0.2) is 0 Å². The van der Waals surface area contributed by atoms with Crippen molar-refractivity contribution in [2.45, 2.75) is 32.0 Å². The van der Waals surface area contributed by atoms with E-state index in [0.717, 1.165) is 19.4 Å². The number of rotatable bonds is 0. The molecule has 1 aliphatic rings. The molecule has 0 unspecified atom stereocenters. The van der Waals surface area contributed by atoms with Crippen molar-refractivity contribution in [2.75, 3.05) is 6.61 Å². The Kier molecular flexibility index (Phi) is 3.77. The van der Waals surface area contributed by atoms with E-state index >= 15 is 0 Å². The van der Waals surface area contributed by atoms with Gasteiger partial charge in [0.05, 0.1) is 12.2 Å². The van der Waals surface area contributed by atoms with Crippen LogP contribution in [0.15, 0.2) is 0 Å². The summed E-state index contributed by atoms with van der Waals surface area (Å²) in [7, 11) is 0. The summed E-state index contributed by atoms with van der Waals surface area (Å²) in [6, 6.07) is 0. The average Bonchev–Trinajstić information content (AvgIpc) is 1.64. The third-order valence-corrected chi connectivity index (χ3v) is 1.46. The first-order chi connectivity index (χ1) is 3.79. The molecule has 56 valence electrons. The molecule has 0 amide bonds. The van der Waals surface area contributed by atoms with Crippen molar-refractivity contribution in [1.29, 1.82) is 0 Å². The molecule has 3 heteroatoms. The molecule has 1 aliphatic heterocycles. The van der Waals surface area contributed by atoms with Crippen molar-refractivity contribution in [3.63, 3.8) is 0 Å². The molecule has 0 radical (unpaired) electrons. The minimum atomic E-state index is -0.112. The predicted octanol–water partition coefficient (Wildman–Crippen LogP) is -0.279. The second-order valence-electron chi connectivity index (χ2n) is 2.36. The van der Waals surface area contributed by atoms with E-state index < -0.39 is 0 Å². The fourth-order valence-electron chi connectivity index (χ4n) is 0.974. The van der Waals surface area contributed by atoms with Crippen LogP contribution in [-0.2, 0) is 4.74 Å². The normalized spacial score (nSPS) is 35.3. The van der Waals surface area contributed by atoms with Gasteiger partial charge in [-0.2, -0.15) is 0 Å². The van der Waals surface area contributed by atoms with Gasteiger partial charge in [0, 0.05) is 6.61 Å². The van der Waals surface area contributed by atoms with Gasteiger partial charge in [0.2, 0.25) is 0 Å². The van der Waals surface area contributed by atoms with E-state index in [1.54, 1.807) is 0 Å². The lowest BCUT2D eigenvalue weighted by molar-refractivity contribution is -0.0340. The minimum absolute atomic E-state index is 0. The van der Waals surface area contributed by atoms with Crippen LogP contribution in [-0.4, -0.2) is 29.4 Å². The van der Waals surface area contributed by atoms with Gasteiger partial charge in [0.25, 0.3) is 0 Å². The summed E-state index contributed by atoms with van der Waals surface area (Å²) in [5.41, 5.74) is 0. The Morgan fingerprint density at radius 1 is 1.56 bits per heavy atom. The number of hydrogen-bond donors (Lipinski definition) is 1. The third-order valence-electron chi connectivity index (χ3n) is 1.46. The van der Waals surface area contributed by atoms with Gasteiger partial charge in [-0.15, -0.1) is 0 Å². The number of aliphatic hydroxyl groups is 1. The average molecular weight is 134 g/mol. The summed E-state index contributed by atoms with van der Waals surface area (Å²) in [4.78, 5) is 0. The Morgan fingerprint density at radius 2 is 2.22 bits per heavy atom. The molecule has 1 saturated heterocycles. The lowest BCUT2D eigenvalue weighted by Gasteiger charge is -2.22. The Labute approximate surface area is 54.9 Å². The summed E-state index contributed by atoms with van der Waals surface area (Å²) in [5, 5.41) is 9.00. The van der Waals surface area contributed by atoms with E-state index in [1.807, 2.05) is 6.92 Å². The molecule has 3 N–H and O–H groups in total. The van der Waals surface area contributed by atoms with Gasteiger partial charge < -0.3 is 15.3 Å². The van der Waals surface area contributed by atoms with Crippen LogP contribution in [0.2, 0.25) is 0 Å². The van der Waals surface area contributed by atoms with E-state index in [1.165, 1.54) is 0 Å². The second-order valence-corrected chi connectivity index (χ2v) is 2.36. The smallest absolute Gasteiger partial charge is 0.0586 e. The topological polar surface area (TPSA) is 61.0 Å². The van der Waals surface area contributed by atoms with Crippen LogP contribution in [0.4, 0.5) is 0 Å². The molecule has 2 atom stereocenters. The Balaban J connectivity index is 0.000000640. The number of hydrogen-bond acceptors (Lipinski definition) is 2. The fraction of sp³-hybridized carbons (Fsp3) is 1.00. The Morgan fingerprint density at radius 3 is 2.56 bits per heavy atom. The van der Waals surface area contributed by atoms with Crippen molar-refractivity contribution in [2.24, 2.45) is 0 Å². The zero-order valence-corrected chi connectivity index (χ0v) is 5.63. The molecule has 1 heterocycles. The van der Waals surface area contributed by atoms with Crippen LogP contribution in [0.3, 0.4) is 0 Å². The number of ether oxygens (including phenoxy) is 1. The molecule has 0 aromatic rings. The summed E-state index contributed by atoms with van der Waals surface area (Å²) in [6.07, 6.45) is 1.77. The van der Waals surface area contributed by atoms with Gasteiger partial charge in [-0.1, -0.05) is 0 Å². The van der Waals surface area contributed by atoms with Crippen LogP contribution in [0.5, 0.6) is 0 Å². The molecule has 0 aromatic carbocycles. The predicted molar refractivity (Wildman–Crippen MR) is 34.3 cm³/mol. The van der Waals surface area contributed by atoms with Crippen LogP contribution < -0.4 is 0 Å². The van der Waals surface area contributed by atoms with Crippen molar-refractivity contribution in [1.82, 2.24) is 0 Å². The van der Waals surface area contributed by atoms with Crippen LogP contribution >= 0.6 is 0 Å². The Bertz CT molecular complexity index is 66.7. The van der Waals surface area contributed by atoms with Crippen molar-refractivity contribution in [3.05, 3.63) is 0 Å². The SMILES string of the molecule is C[C@H]1C[C@@H](O)CCO1.O. The highest BCUT2D eigenvalue weighted by Gasteiger charge is 2.15. The summed E-state index contributed by atoms with van der Waals surface area (Å²) in [6.45, 7) is 2.71. The van der Waals surface area contributed by atoms with Crippen LogP contribution in [0, 0.1) is 0 Å². The zero-order chi connectivity index (χ0) is 5.98. The van der Waals surface area contributed by atoms with Crippen LogP contribution in [0.25, 0.3) is 0 Å². The first-order valence-electron chi connectivity index (χ1n) is 3.08. The summed E-state index contributed by atoms with van der Waals surface area (Å²) >= 11 is 0. The molecular weight excluding hydrogens is 120 g/mol. The maximum atomic E-state index is 9.00. The zero-order valence-electron chi connectivity index (χ0n) is 5.63. The van der Waals surface area contributed by atoms with Crippen molar-refractivity contribution in [3.8, 4) is 0 Å². The molecule has 1 fully saturated rings. The van der Waals surface area contributed by atoms with Crippen LogP contribution in [0.1, 0.15) is 19.8 Å². The summed E-state index contributed by atoms with van der Waals surface area (Å²) in [5.74, 6) is 0. The quantitative estimate of drug-likeness (QED) is 0.495. The van der Waals surface area contributed by atoms with Gasteiger partial charge in [-0.25, -0.2) is 0 Å². The lowest BCUT2D eigenvalue weighted by Crippen LogP contribution is -2.26. The number of aliphatic hydroxyl groups excluding tert-OH is 1. The maximum absolute atomic E-state index is 9.00. The van der Waals surface area contributed by atoms with Gasteiger partial charge >= 0.3 is 0 Å². The highest BCUT2D eigenvalue weighted by atomic mass is 16.5. The van der Waals surface area contributed by atoms with Gasteiger partial charge in [-0.3, -0.25) is 0 Å². The molecule has 0 aromatic heterocycles. The first-order valence-corrected chi connectivity index (χ1v) is 3.08. The standard InChI is InChI=1S/C6H12O2.H2O/c1-5-4-6(7)2-3-8-5;/h5-7H,2-4H2,1H3;1H2/t5-,6-;/m0./s1. The van der Waals surface area contributed by atoms with Gasteiger partial charge in [0.1, 0.15) is 0 Å². The molecular formula is C6H14O3. The van der Waals surface area contributed by atoms with E-state index in [9.17, 15) is 0 Å². The molecule has 0 spiro atoms. The highest BCUT2D eigenvalue weighted by Crippen LogP contribution is 2.11. The molecule has 9 heavy (non-hydrogen) atoms.